The highest BCUT2D eigenvalue weighted by atomic mass is 16.6. The van der Waals surface area contributed by atoms with Gasteiger partial charge in [-0.1, -0.05) is 52.0 Å². The summed E-state index contributed by atoms with van der Waals surface area (Å²) in [5, 5.41) is 7.48. The van der Waals surface area contributed by atoms with Crippen LogP contribution in [0.5, 0.6) is 0 Å². The molecule has 1 fully saturated rings. The van der Waals surface area contributed by atoms with Crippen LogP contribution >= 0.6 is 0 Å². The Morgan fingerprint density at radius 2 is 1.77 bits per heavy atom. The molecule has 0 spiro atoms. The van der Waals surface area contributed by atoms with Crippen molar-refractivity contribution in [3.63, 3.8) is 0 Å². The summed E-state index contributed by atoms with van der Waals surface area (Å²) in [5.41, 5.74) is 10.7. The summed E-state index contributed by atoms with van der Waals surface area (Å²) in [6.45, 7) is 11.8. The molecular formula is C34H45N5O4. The van der Waals surface area contributed by atoms with Crippen LogP contribution in [0.15, 0.2) is 42.5 Å². The normalized spacial score (nSPS) is 19.7. The minimum absolute atomic E-state index is 0.109. The summed E-state index contributed by atoms with van der Waals surface area (Å²) in [6.07, 6.45) is 3.85. The molecule has 230 valence electrons. The highest BCUT2D eigenvalue weighted by Crippen LogP contribution is 2.43. The highest BCUT2D eigenvalue weighted by molar-refractivity contribution is 6.06. The monoisotopic (exact) mass is 587 g/mol. The largest absolute Gasteiger partial charge is 0.446 e. The molecule has 5 rings (SSSR count). The molecule has 1 aromatic heterocycles. The fraction of sp³-hybridized carbons (Fsp3) is 0.500. The van der Waals surface area contributed by atoms with Crippen molar-refractivity contribution in [2.45, 2.75) is 78.4 Å². The van der Waals surface area contributed by atoms with Crippen molar-refractivity contribution in [2.75, 3.05) is 31.5 Å². The Morgan fingerprint density at radius 3 is 2.47 bits per heavy atom. The summed E-state index contributed by atoms with van der Waals surface area (Å²) in [4.78, 5) is 40.3. The molecule has 2 amide bonds. The van der Waals surface area contributed by atoms with Gasteiger partial charge in [0.25, 0.3) is 5.91 Å². The number of primary amides is 1. The number of ether oxygens (including phenoxy) is 1. The highest BCUT2D eigenvalue weighted by Gasteiger charge is 2.35. The maximum absolute atomic E-state index is 13.3. The van der Waals surface area contributed by atoms with Crippen molar-refractivity contribution in [3.05, 3.63) is 53.7 Å². The predicted molar refractivity (Wildman–Crippen MR) is 171 cm³/mol. The first kappa shape index (κ1) is 30.6. The molecule has 0 saturated heterocycles. The molecule has 0 radical (unpaired) electrons. The van der Waals surface area contributed by atoms with E-state index in [0.29, 0.717) is 24.2 Å². The topological polar surface area (TPSA) is 119 Å². The standard InChI is InChI=1S/C34H45N5O4/c1-5-38(6-2)18-17-36-33(42)43-24-14-12-23(13-15-24)37-27-19-22(11-16-25(27)32(35)41)31-26-9-7-8-10-28(26)39-29(31)20-34(3,4)21-30(39)40/h7-11,16,19,23-24,37H,5-6,12-15,17-18,20-21H2,1-4H3,(H2,35,41)(H,36,42)/t23-,24-. The lowest BCUT2D eigenvalue weighted by Gasteiger charge is -2.31. The van der Waals surface area contributed by atoms with Gasteiger partial charge in [-0.15, -0.1) is 0 Å². The number of para-hydroxylation sites is 1. The van der Waals surface area contributed by atoms with E-state index in [9.17, 15) is 14.4 Å². The molecule has 9 heteroatoms. The summed E-state index contributed by atoms with van der Waals surface area (Å²) < 4.78 is 7.57. The molecule has 3 aromatic rings. The Morgan fingerprint density at radius 1 is 1.05 bits per heavy atom. The van der Waals surface area contributed by atoms with Gasteiger partial charge in [-0.3, -0.25) is 14.2 Å². The Labute approximate surface area is 254 Å². The number of rotatable bonds is 10. The average Bonchev–Trinajstić information content (AvgIpc) is 3.29. The third-order valence-corrected chi connectivity index (χ3v) is 8.97. The van der Waals surface area contributed by atoms with E-state index < -0.39 is 5.91 Å². The predicted octanol–water partition coefficient (Wildman–Crippen LogP) is 5.81. The lowest BCUT2D eigenvalue weighted by atomic mass is 9.80. The van der Waals surface area contributed by atoms with E-state index in [1.807, 2.05) is 34.9 Å². The van der Waals surface area contributed by atoms with Crippen LogP contribution in [0.25, 0.3) is 22.0 Å². The van der Waals surface area contributed by atoms with Gasteiger partial charge in [-0.25, -0.2) is 4.79 Å². The third kappa shape index (κ3) is 6.72. The first-order valence-corrected chi connectivity index (χ1v) is 15.6. The second-order valence-corrected chi connectivity index (χ2v) is 12.7. The molecular weight excluding hydrogens is 542 g/mol. The molecule has 2 aliphatic rings. The van der Waals surface area contributed by atoms with Crippen LogP contribution in [0.4, 0.5) is 10.5 Å². The van der Waals surface area contributed by atoms with Crippen molar-refractivity contribution in [1.29, 1.82) is 0 Å². The summed E-state index contributed by atoms with van der Waals surface area (Å²) in [6, 6.07) is 13.9. The van der Waals surface area contributed by atoms with Crippen molar-refractivity contribution in [2.24, 2.45) is 11.1 Å². The molecule has 2 heterocycles. The number of nitrogens with two attached hydrogens (primary N) is 1. The van der Waals surface area contributed by atoms with E-state index in [0.717, 1.165) is 79.5 Å². The molecule has 43 heavy (non-hydrogen) atoms. The van der Waals surface area contributed by atoms with Gasteiger partial charge in [0.05, 0.1) is 11.1 Å². The molecule has 0 unspecified atom stereocenters. The van der Waals surface area contributed by atoms with Crippen LogP contribution in [0.1, 0.15) is 80.6 Å². The zero-order valence-corrected chi connectivity index (χ0v) is 25.9. The Kier molecular flexibility index (Phi) is 9.11. The van der Waals surface area contributed by atoms with Gasteiger partial charge in [0.15, 0.2) is 0 Å². The van der Waals surface area contributed by atoms with Crippen LogP contribution in [-0.4, -0.2) is 65.7 Å². The van der Waals surface area contributed by atoms with E-state index in [-0.39, 0.29) is 29.6 Å². The van der Waals surface area contributed by atoms with Gasteiger partial charge in [0.1, 0.15) is 6.10 Å². The van der Waals surface area contributed by atoms with Crippen molar-refractivity contribution >= 4 is 34.5 Å². The lowest BCUT2D eigenvalue weighted by Crippen LogP contribution is -2.38. The maximum atomic E-state index is 13.3. The fourth-order valence-electron chi connectivity index (χ4n) is 6.70. The molecule has 1 saturated carbocycles. The number of hydrogen-bond acceptors (Lipinski definition) is 6. The van der Waals surface area contributed by atoms with Crippen LogP contribution in [-0.2, 0) is 11.2 Å². The van der Waals surface area contributed by atoms with Gasteiger partial charge in [0, 0.05) is 47.9 Å². The minimum Gasteiger partial charge on any atom is -0.446 e. The maximum Gasteiger partial charge on any atom is 0.407 e. The first-order valence-electron chi connectivity index (χ1n) is 15.6. The second kappa shape index (κ2) is 12.8. The molecule has 4 N–H and O–H groups in total. The van der Waals surface area contributed by atoms with Crippen LogP contribution < -0.4 is 16.4 Å². The van der Waals surface area contributed by atoms with E-state index in [1.54, 1.807) is 6.07 Å². The molecule has 1 aliphatic heterocycles. The smallest absolute Gasteiger partial charge is 0.407 e. The number of carbonyl (C=O) groups is 3. The molecule has 1 aliphatic carbocycles. The first-order chi connectivity index (χ1) is 20.6. The number of hydrogen-bond donors (Lipinski definition) is 3. The summed E-state index contributed by atoms with van der Waals surface area (Å²) >= 11 is 0. The number of anilines is 1. The number of carbonyl (C=O) groups excluding carboxylic acids is 3. The van der Waals surface area contributed by atoms with Gasteiger partial charge in [-0.2, -0.15) is 0 Å². The van der Waals surface area contributed by atoms with Crippen molar-refractivity contribution < 1.29 is 19.1 Å². The summed E-state index contributed by atoms with van der Waals surface area (Å²) in [7, 11) is 0. The number of nitrogens with one attached hydrogen (secondary N) is 2. The Hall–Kier alpha value is -3.85. The molecule has 2 aromatic carbocycles. The molecule has 0 atom stereocenters. The minimum atomic E-state index is -0.493. The zero-order valence-electron chi connectivity index (χ0n) is 25.9. The number of fused-ring (bicyclic) bond motifs is 3. The fourth-order valence-corrected chi connectivity index (χ4v) is 6.70. The quantitative estimate of drug-likeness (QED) is 0.275. The molecule has 9 nitrogen and oxygen atoms in total. The Bertz CT molecular complexity index is 1500. The number of likely N-dealkylation sites (N-methyl/N-ethyl adjacent to an activating group) is 1. The van der Waals surface area contributed by atoms with Crippen molar-refractivity contribution in [1.82, 2.24) is 14.8 Å². The van der Waals surface area contributed by atoms with Crippen molar-refractivity contribution in [3.8, 4) is 11.1 Å². The van der Waals surface area contributed by atoms with Gasteiger partial charge in [-0.05, 0) is 74.4 Å². The summed E-state index contributed by atoms with van der Waals surface area (Å²) in [5.74, 6) is -0.384. The van der Waals surface area contributed by atoms with E-state index in [4.69, 9.17) is 10.5 Å². The van der Waals surface area contributed by atoms with E-state index in [1.165, 1.54) is 0 Å². The SMILES string of the molecule is CCN(CC)CCNC(=O)O[C@H]1CC[C@H](Nc2cc(-c3c4n(c5ccccc35)C(=O)CC(C)(C)C4)ccc2C(N)=O)CC1. The third-order valence-electron chi connectivity index (χ3n) is 8.97. The number of alkyl carbamates (subject to hydrolysis) is 1. The van der Waals surface area contributed by atoms with Gasteiger partial charge in [0.2, 0.25) is 5.91 Å². The van der Waals surface area contributed by atoms with Crippen LogP contribution in [0.2, 0.25) is 0 Å². The number of nitrogens with zero attached hydrogens (tertiary/aromatic N) is 2. The average molecular weight is 588 g/mol. The second-order valence-electron chi connectivity index (χ2n) is 12.7. The van der Waals surface area contributed by atoms with Gasteiger partial charge < -0.3 is 26.0 Å². The van der Waals surface area contributed by atoms with Crippen LogP contribution in [0.3, 0.4) is 0 Å². The van der Waals surface area contributed by atoms with Gasteiger partial charge >= 0.3 is 6.09 Å². The lowest BCUT2D eigenvalue weighted by molar-refractivity contribution is 0.0725. The number of amides is 2. The van der Waals surface area contributed by atoms with E-state index >= 15 is 0 Å². The number of aromatic nitrogens is 1. The Balaban J connectivity index is 1.32. The number of benzene rings is 2. The zero-order chi connectivity index (χ0) is 30.7. The van der Waals surface area contributed by atoms with E-state index in [2.05, 4.69) is 49.3 Å². The molecule has 0 bridgehead atoms. The van der Waals surface area contributed by atoms with Crippen LogP contribution in [0, 0.1) is 5.41 Å².